The van der Waals surface area contributed by atoms with Crippen molar-refractivity contribution in [2.24, 2.45) is 0 Å². The molecule has 2 N–H and O–H groups in total. The zero-order valence-electron chi connectivity index (χ0n) is 16.8. The van der Waals surface area contributed by atoms with Crippen molar-refractivity contribution < 1.29 is 19.1 Å². The lowest BCUT2D eigenvalue weighted by Crippen LogP contribution is -2.29. The summed E-state index contributed by atoms with van der Waals surface area (Å²) < 4.78 is 13.6. The summed E-state index contributed by atoms with van der Waals surface area (Å²) in [6.45, 7) is 0.116. The highest BCUT2D eigenvalue weighted by Gasteiger charge is 2.46. The van der Waals surface area contributed by atoms with Crippen LogP contribution in [0, 0.1) is 5.82 Å². The molecule has 0 aliphatic carbocycles. The third-order valence-electron chi connectivity index (χ3n) is 5.65. The zero-order valence-corrected chi connectivity index (χ0v) is 16.8. The summed E-state index contributed by atoms with van der Waals surface area (Å²) in [7, 11) is 0. The van der Waals surface area contributed by atoms with Crippen LogP contribution < -0.4 is 0 Å². The fraction of sp³-hybridized carbons (Fsp3) is 0.0800. The van der Waals surface area contributed by atoms with Crippen LogP contribution in [0.4, 0.5) is 4.39 Å². The summed E-state index contributed by atoms with van der Waals surface area (Å²) in [6.07, 6.45) is 4.84. The summed E-state index contributed by atoms with van der Waals surface area (Å²) >= 11 is 0. The van der Waals surface area contributed by atoms with E-state index in [-0.39, 0.29) is 17.9 Å². The Kier molecular flexibility index (Phi) is 4.78. The molecule has 1 fully saturated rings. The maximum absolute atomic E-state index is 13.6. The van der Waals surface area contributed by atoms with Crippen LogP contribution >= 0.6 is 0 Å². The lowest BCUT2D eigenvalue weighted by molar-refractivity contribution is -0.140. The van der Waals surface area contributed by atoms with E-state index >= 15 is 0 Å². The molecule has 2 aromatic heterocycles. The molecule has 1 aliphatic rings. The standard InChI is InChI=1S/C25H18FN3O3/c26-17-9-7-16(8-10-17)22-21(23(30)19-13-28-20-6-2-1-5-18(19)20)24(31)25(32)29(22)14-15-4-3-11-27-12-15/h1-13,22,28,30H,14H2/b23-21-. The summed E-state index contributed by atoms with van der Waals surface area (Å²) in [5.74, 6) is -2.23. The van der Waals surface area contributed by atoms with E-state index in [4.69, 9.17) is 0 Å². The lowest BCUT2D eigenvalue weighted by Gasteiger charge is -2.25. The lowest BCUT2D eigenvalue weighted by atomic mass is 9.95. The van der Waals surface area contributed by atoms with Crippen molar-refractivity contribution >= 4 is 28.4 Å². The van der Waals surface area contributed by atoms with Crippen LogP contribution in [0.3, 0.4) is 0 Å². The first-order valence-corrected chi connectivity index (χ1v) is 10.0. The van der Waals surface area contributed by atoms with Crippen molar-refractivity contribution in [2.75, 3.05) is 0 Å². The van der Waals surface area contributed by atoms with E-state index in [0.717, 1.165) is 16.5 Å². The largest absolute Gasteiger partial charge is 0.507 e. The van der Waals surface area contributed by atoms with Gasteiger partial charge in [-0.1, -0.05) is 36.4 Å². The van der Waals surface area contributed by atoms with Crippen LogP contribution in [0.25, 0.3) is 16.7 Å². The Labute approximate surface area is 182 Å². The molecule has 0 spiro atoms. The number of aliphatic hydroxyl groups is 1. The van der Waals surface area contributed by atoms with Gasteiger partial charge in [0.05, 0.1) is 11.6 Å². The molecule has 1 saturated heterocycles. The molecule has 7 heteroatoms. The molecule has 1 atom stereocenters. The quantitative estimate of drug-likeness (QED) is 0.288. The van der Waals surface area contributed by atoms with Crippen LogP contribution in [0.15, 0.2) is 84.8 Å². The molecule has 32 heavy (non-hydrogen) atoms. The number of hydrogen-bond acceptors (Lipinski definition) is 4. The fourth-order valence-corrected chi connectivity index (χ4v) is 4.14. The Balaban J connectivity index is 1.69. The van der Waals surface area contributed by atoms with Gasteiger partial charge < -0.3 is 15.0 Å². The van der Waals surface area contributed by atoms with Crippen LogP contribution in [0.1, 0.15) is 22.7 Å². The normalized spacial score (nSPS) is 17.9. The van der Waals surface area contributed by atoms with Gasteiger partial charge in [-0.05, 0) is 35.4 Å². The number of halogens is 1. The van der Waals surface area contributed by atoms with Gasteiger partial charge in [-0.25, -0.2) is 4.39 Å². The number of fused-ring (bicyclic) bond motifs is 1. The number of H-pyrrole nitrogens is 1. The smallest absolute Gasteiger partial charge is 0.295 e. The SMILES string of the molecule is O=C1C(=O)N(Cc2cccnc2)C(c2ccc(F)cc2)/C1=C(/O)c1c[nH]c2ccccc12. The zero-order chi connectivity index (χ0) is 22.2. The van der Waals surface area contributed by atoms with Gasteiger partial charge >= 0.3 is 0 Å². The molecule has 4 aromatic rings. The summed E-state index contributed by atoms with van der Waals surface area (Å²) in [6, 6.07) is 15.6. The topological polar surface area (TPSA) is 86.3 Å². The number of nitrogens with zero attached hydrogens (tertiary/aromatic N) is 2. The number of carbonyl (C=O) groups is 2. The van der Waals surface area contributed by atoms with Gasteiger partial charge in [-0.15, -0.1) is 0 Å². The number of amides is 1. The van der Waals surface area contributed by atoms with Crippen molar-refractivity contribution in [3.63, 3.8) is 0 Å². The Bertz CT molecular complexity index is 1360. The first-order valence-electron chi connectivity index (χ1n) is 10.0. The van der Waals surface area contributed by atoms with Gasteiger partial charge in [-0.2, -0.15) is 0 Å². The number of aromatic amines is 1. The number of para-hydroxylation sites is 1. The number of benzene rings is 2. The minimum absolute atomic E-state index is 0.0322. The van der Waals surface area contributed by atoms with E-state index in [0.29, 0.717) is 11.1 Å². The second-order valence-electron chi connectivity index (χ2n) is 7.59. The molecule has 6 nitrogen and oxygen atoms in total. The first kappa shape index (κ1) is 19.7. The summed E-state index contributed by atoms with van der Waals surface area (Å²) in [5, 5.41) is 12.0. The molecule has 0 saturated carbocycles. The van der Waals surface area contributed by atoms with E-state index in [2.05, 4.69) is 9.97 Å². The van der Waals surface area contributed by atoms with Crippen molar-refractivity contribution in [3.05, 3.63) is 107 Å². The predicted octanol–water partition coefficient (Wildman–Crippen LogP) is 4.32. The Morgan fingerprint density at radius 3 is 2.59 bits per heavy atom. The van der Waals surface area contributed by atoms with Gasteiger partial charge in [-0.3, -0.25) is 14.6 Å². The summed E-state index contributed by atoms with van der Waals surface area (Å²) in [5.41, 5.74) is 2.43. The van der Waals surface area contributed by atoms with Gasteiger partial charge in [0.15, 0.2) is 0 Å². The van der Waals surface area contributed by atoms with E-state index in [9.17, 15) is 19.1 Å². The highest BCUT2D eigenvalue weighted by atomic mass is 19.1. The Morgan fingerprint density at radius 2 is 1.84 bits per heavy atom. The highest BCUT2D eigenvalue weighted by Crippen LogP contribution is 2.41. The number of ketones is 1. The van der Waals surface area contributed by atoms with Crippen molar-refractivity contribution in [2.45, 2.75) is 12.6 Å². The molecular formula is C25H18FN3O3. The number of aromatic nitrogens is 2. The number of likely N-dealkylation sites (tertiary alicyclic amines) is 1. The van der Waals surface area contributed by atoms with Crippen LogP contribution in [0.2, 0.25) is 0 Å². The van der Waals surface area contributed by atoms with Crippen molar-refractivity contribution in [3.8, 4) is 0 Å². The molecule has 158 valence electrons. The van der Waals surface area contributed by atoms with Crippen molar-refractivity contribution in [1.29, 1.82) is 0 Å². The minimum Gasteiger partial charge on any atom is -0.507 e. The number of aliphatic hydroxyl groups excluding tert-OH is 1. The molecule has 2 aromatic carbocycles. The second-order valence-corrected chi connectivity index (χ2v) is 7.59. The van der Waals surface area contributed by atoms with Gasteiger partial charge in [0.2, 0.25) is 0 Å². The number of pyridine rings is 1. The number of Topliss-reactive ketones (excluding diaryl/α,β-unsaturated/α-hetero) is 1. The van der Waals surface area contributed by atoms with E-state index in [1.807, 2.05) is 24.3 Å². The number of nitrogens with one attached hydrogen (secondary N) is 1. The molecule has 5 rings (SSSR count). The Hall–Kier alpha value is -4.26. The predicted molar refractivity (Wildman–Crippen MR) is 117 cm³/mol. The highest BCUT2D eigenvalue weighted by molar-refractivity contribution is 6.46. The number of carbonyl (C=O) groups excluding carboxylic acids is 2. The maximum atomic E-state index is 13.6. The molecule has 0 bridgehead atoms. The molecule has 3 heterocycles. The van der Waals surface area contributed by atoms with Crippen LogP contribution in [-0.2, 0) is 16.1 Å². The van der Waals surface area contributed by atoms with Gasteiger partial charge in [0, 0.05) is 41.6 Å². The van der Waals surface area contributed by atoms with Gasteiger partial charge in [0.1, 0.15) is 11.6 Å². The first-order chi connectivity index (χ1) is 15.5. The van der Waals surface area contributed by atoms with Crippen LogP contribution in [-0.4, -0.2) is 31.7 Å². The number of rotatable bonds is 4. The summed E-state index contributed by atoms with van der Waals surface area (Å²) in [4.78, 5) is 34.7. The van der Waals surface area contributed by atoms with Crippen LogP contribution in [0.5, 0.6) is 0 Å². The monoisotopic (exact) mass is 427 g/mol. The van der Waals surface area contributed by atoms with Gasteiger partial charge in [0.25, 0.3) is 11.7 Å². The van der Waals surface area contributed by atoms with Crippen molar-refractivity contribution in [1.82, 2.24) is 14.9 Å². The molecule has 1 amide bonds. The van der Waals surface area contributed by atoms with E-state index in [1.165, 1.54) is 29.2 Å². The average Bonchev–Trinajstić information content (AvgIpc) is 3.35. The third kappa shape index (κ3) is 3.24. The minimum atomic E-state index is -0.871. The molecular weight excluding hydrogens is 409 g/mol. The molecule has 1 unspecified atom stereocenters. The third-order valence-corrected chi connectivity index (χ3v) is 5.65. The second kappa shape index (κ2) is 7.77. The molecule has 0 radical (unpaired) electrons. The van der Waals surface area contributed by atoms with E-state index < -0.39 is 23.5 Å². The maximum Gasteiger partial charge on any atom is 0.295 e. The van der Waals surface area contributed by atoms with E-state index in [1.54, 1.807) is 30.7 Å². The number of hydrogen-bond donors (Lipinski definition) is 2. The average molecular weight is 427 g/mol. The molecule has 1 aliphatic heterocycles. The fourth-order valence-electron chi connectivity index (χ4n) is 4.14. The Morgan fingerprint density at radius 1 is 1.06 bits per heavy atom.